The number of rotatable bonds is 4. The number of nitrogens with one attached hydrogen (secondary N) is 1. The Morgan fingerprint density at radius 1 is 1.35 bits per heavy atom. The Morgan fingerprint density at radius 3 is 2.75 bits per heavy atom. The molecule has 4 nitrogen and oxygen atoms in total. The van der Waals surface area contributed by atoms with Gasteiger partial charge in [-0.05, 0) is 43.7 Å². The molecular formula is C15H19NO3S. The Labute approximate surface area is 123 Å². The second-order valence-electron chi connectivity index (χ2n) is 5.14. The number of carboxylic acid groups (broad SMARTS) is 1. The standard InChI is InChI=1S/C15H19NO3S/c1-9-6-7-10(20-2)8-12(9)14(17)16-13-5-3-4-11(13)15(18)19/h6-8,11,13H,3-5H2,1-2H3,(H,16,17)(H,18,19). The van der Waals surface area contributed by atoms with Crippen LogP contribution in [0, 0.1) is 12.8 Å². The first-order valence-electron chi connectivity index (χ1n) is 6.71. The third-order valence-corrected chi connectivity index (χ3v) is 4.56. The van der Waals surface area contributed by atoms with Crippen LogP contribution >= 0.6 is 11.8 Å². The smallest absolute Gasteiger partial charge is 0.308 e. The summed E-state index contributed by atoms with van der Waals surface area (Å²) < 4.78 is 0. The van der Waals surface area contributed by atoms with Gasteiger partial charge in [0.2, 0.25) is 0 Å². The van der Waals surface area contributed by atoms with Crippen molar-refractivity contribution < 1.29 is 14.7 Å². The van der Waals surface area contributed by atoms with Crippen LogP contribution in [0.4, 0.5) is 0 Å². The van der Waals surface area contributed by atoms with E-state index in [1.165, 1.54) is 0 Å². The van der Waals surface area contributed by atoms with Gasteiger partial charge in [-0.15, -0.1) is 11.8 Å². The van der Waals surface area contributed by atoms with Crippen LogP contribution < -0.4 is 5.32 Å². The van der Waals surface area contributed by atoms with Gasteiger partial charge in [0.1, 0.15) is 0 Å². The molecule has 108 valence electrons. The molecule has 1 amide bonds. The molecule has 2 rings (SSSR count). The summed E-state index contributed by atoms with van der Waals surface area (Å²) in [6, 6.07) is 5.51. The van der Waals surface area contributed by atoms with E-state index in [2.05, 4.69) is 5.32 Å². The molecule has 1 fully saturated rings. The van der Waals surface area contributed by atoms with Gasteiger partial charge in [-0.2, -0.15) is 0 Å². The zero-order valence-electron chi connectivity index (χ0n) is 11.7. The highest BCUT2D eigenvalue weighted by Gasteiger charge is 2.34. The summed E-state index contributed by atoms with van der Waals surface area (Å²) in [6.07, 6.45) is 4.20. The van der Waals surface area contributed by atoms with Crippen molar-refractivity contribution in [3.63, 3.8) is 0 Å². The van der Waals surface area contributed by atoms with Crippen molar-refractivity contribution in [3.8, 4) is 0 Å². The fraction of sp³-hybridized carbons (Fsp3) is 0.467. The van der Waals surface area contributed by atoms with Gasteiger partial charge < -0.3 is 10.4 Å². The predicted molar refractivity (Wildman–Crippen MR) is 79.2 cm³/mol. The molecule has 2 N–H and O–H groups in total. The maximum atomic E-state index is 12.3. The number of aryl methyl sites for hydroxylation is 1. The van der Waals surface area contributed by atoms with E-state index in [-0.39, 0.29) is 11.9 Å². The summed E-state index contributed by atoms with van der Waals surface area (Å²) in [5.41, 5.74) is 1.54. The van der Waals surface area contributed by atoms with E-state index in [0.29, 0.717) is 12.0 Å². The van der Waals surface area contributed by atoms with Gasteiger partial charge in [0.05, 0.1) is 5.92 Å². The van der Waals surface area contributed by atoms with Gasteiger partial charge in [-0.1, -0.05) is 12.5 Å². The number of thioether (sulfide) groups is 1. The summed E-state index contributed by atoms with van der Waals surface area (Å²) in [5, 5.41) is 12.0. The Kier molecular flexibility index (Phi) is 4.70. The first kappa shape index (κ1) is 14.9. The highest BCUT2D eigenvalue weighted by molar-refractivity contribution is 7.98. The average Bonchev–Trinajstić information content (AvgIpc) is 2.87. The quantitative estimate of drug-likeness (QED) is 0.838. The fourth-order valence-corrected chi connectivity index (χ4v) is 3.09. The minimum atomic E-state index is -0.817. The second kappa shape index (κ2) is 6.31. The highest BCUT2D eigenvalue weighted by Crippen LogP contribution is 2.26. The molecule has 0 heterocycles. The minimum Gasteiger partial charge on any atom is -0.481 e. The van der Waals surface area contributed by atoms with Crippen LogP contribution in [0.1, 0.15) is 35.2 Å². The molecule has 1 saturated carbocycles. The zero-order chi connectivity index (χ0) is 14.7. The lowest BCUT2D eigenvalue weighted by Gasteiger charge is -2.18. The first-order chi connectivity index (χ1) is 9.52. The number of amides is 1. The third kappa shape index (κ3) is 3.15. The van der Waals surface area contributed by atoms with E-state index in [0.717, 1.165) is 23.3 Å². The first-order valence-corrected chi connectivity index (χ1v) is 7.93. The average molecular weight is 293 g/mol. The van der Waals surface area contributed by atoms with Crippen LogP contribution in [-0.2, 0) is 4.79 Å². The second-order valence-corrected chi connectivity index (χ2v) is 6.02. The Morgan fingerprint density at radius 2 is 2.10 bits per heavy atom. The van der Waals surface area contributed by atoms with E-state index in [1.807, 2.05) is 31.4 Å². The zero-order valence-corrected chi connectivity index (χ0v) is 12.5. The molecule has 0 aliphatic heterocycles. The van der Waals surface area contributed by atoms with Gasteiger partial charge in [0, 0.05) is 16.5 Å². The largest absolute Gasteiger partial charge is 0.481 e. The van der Waals surface area contributed by atoms with E-state index in [1.54, 1.807) is 11.8 Å². The maximum absolute atomic E-state index is 12.3. The van der Waals surface area contributed by atoms with Crippen molar-refractivity contribution in [2.24, 2.45) is 5.92 Å². The number of carbonyl (C=O) groups excluding carboxylic acids is 1. The van der Waals surface area contributed by atoms with Crippen LogP contribution in [0.15, 0.2) is 23.1 Å². The number of hydrogen-bond donors (Lipinski definition) is 2. The topological polar surface area (TPSA) is 66.4 Å². The van der Waals surface area contributed by atoms with Gasteiger partial charge in [0.25, 0.3) is 5.91 Å². The van der Waals surface area contributed by atoms with Gasteiger partial charge >= 0.3 is 5.97 Å². The van der Waals surface area contributed by atoms with Crippen LogP contribution in [-0.4, -0.2) is 29.3 Å². The van der Waals surface area contributed by atoms with Gasteiger partial charge in [-0.25, -0.2) is 0 Å². The molecule has 20 heavy (non-hydrogen) atoms. The molecule has 2 atom stereocenters. The predicted octanol–water partition coefficient (Wildman–Crippen LogP) is 2.70. The molecule has 0 radical (unpaired) electrons. The number of aliphatic carboxylic acids is 1. The maximum Gasteiger partial charge on any atom is 0.308 e. The number of carboxylic acids is 1. The van der Waals surface area contributed by atoms with Crippen molar-refractivity contribution in [2.75, 3.05) is 6.26 Å². The summed E-state index contributed by atoms with van der Waals surface area (Å²) in [5.74, 6) is -1.44. The third-order valence-electron chi connectivity index (χ3n) is 3.84. The van der Waals surface area contributed by atoms with Crippen LogP contribution in [0.5, 0.6) is 0 Å². The summed E-state index contributed by atoms with van der Waals surface area (Å²) in [7, 11) is 0. The van der Waals surface area contributed by atoms with Crippen molar-refractivity contribution in [3.05, 3.63) is 29.3 Å². The molecule has 0 saturated heterocycles. The monoisotopic (exact) mass is 293 g/mol. The Hall–Kier alpha value is -1.49. The normalized spacial score (nSPS) is 21.7. The lowest BCUT2D eigenvalue weighted by atomic mass is 10.0. The van der Waals surface area contributed by atoms with Crippen molar-refractivity contribution in [1.29, 1.82) is 0 Å². The summed E-state index contributed by atoms with van der Waals surface area (Å²) >= 11 is 1.58. The molecule has 5 heteroatoms. The van der Waals surface area contributed by atoms with Gasteiger partial charge in [0.15, 0.2) is 0 Å². The molecule has 1 aromatic rings. The van der Waals surface area contributed by atoms with E-state index < -0.39 is 11.9 Å². The van der Waals surface area contributed by atoms with Crippen molar-refractivity contribution >= 4 is 23.6 Å². The van der Waals surface area contributed by atoms with Gasteiger partial charge in [-0.3, -0.25) is 9.59 Å². The van der Waals surface area contributed by atoms with Crippen LogP contribution in [0.3, 0.4) is 0 Å². The van der Waals surface area contributed by atoms with E-state index in [9.17, 15) is 9.59 Å². The van der Waals surface area contributed by atoms with Crippen molar-refractivity contribution in [2.45, 2.75) is 37.1 Å². The van der Waals surface area contributed by atoms with E-state index >= 15 is 0 Å². The molecular weight excluding hydrogens is 274 g/mol. The molecule has 2 unspecified atom stereocenters. The Bertz CT molecular complexity index is 530. The van der Waals surface area contributed by atoms with Crippen LogP contribution in [0.2, 0.25) is 0 Å². The fourth-order valence-electron chi connectivity index (χ4n) is 2.65. The van der Waals surface area contributed by atoms with Crippen molar-refractivity contribution in [1.82, 2.24) is 5.32 Å². The van der Waals surface area contributed by atoms with Crippen LogP contribution in [0.25, 0.3) is 0 Å². The Balaban J connectivity index is 2.14. The minimum absolute atomic E-state index is 0.170. The number of benzene rings is 1. The number of carbonyl (C=O) groups is 2. The van der Waals surface area contributed by atoms with E-state index in [4.69, 9.17) is 5.11 Å². The summed E-state index contributed by atoms with van der Waals surface area (Å²) in [6.45, 7) is 1.89. The number of hydrogen-bond acceptors (Lipinski definition) is 3. The molecule has 0 spiro atoms. The SMILES string of the molecule is CSc1ccc(C)c(C(=O)NC2CCCC2C(=O)O)c1. The lowest BCUT2D eigenvalue weighted by Crippen LogP contribution is -2.40. The molecule has 0 bridgehead atoms. The molecule has 1 aliphatic carbocycles. The summed E-state index contributed by atoms with van der Waals surface area (Å²) in [4.78, 5) is 24.5. The highest BCUT2D eigenvalue weighted by atomic mass is 32.2. The lowest BCUT2D eigenvalue weighted by molar-refractivity contribution is -0.142. The molecule has 1 aliphatic rings. The molecule has 1 aromatic carbocycles. The molecule has 0 aromatic heterocycles.